The Morgan fingerprint density at radius 3 is 2.29 bits per heavy atom. The molecule has 2 N–H and O–H groups in total. The van der Waals surface area contributed by atoms with Crippen LogP contribution in [0, 0.1) is 0 Å². The lowest BCUT2D eigenvalue weighted by molar-refractivity contribution is -0.116. The maximum atomic E-state index is 12.1. The number of ether oxygens (including phenoxy) is 1. The SMILES string of the molecule is COc1ccc(NC(=O)CCNS(=O)(=O)c2ccc(Cl)cc2)cc1. The summed E-state index contributed by atoms with van der Waals surface area (Å²) in [7, 11) is -2.10. The van der Waals surface area contributed by atoms with Gasteiger partial charge >= 0.3 is 0 Å². The summed E-state index contributed by atoms with van der Waals surface area (Å²) in [6, 6.07) is 12.6. The second-order valence-corrected chi connectivity index (χ2v) is 7.08. The first kappa shape index (κ1) is 18.3. The van der Waals surface area contributed by atoms with E-state index in [1.165, 1.54) is 24.3 Å². The third-order valence-corrected chi connectivity index (χ3v) is 4.87. The Hall–Kier alpha value is -2.09. The van der Waals surface area contributed by atoms with Crippen LogP contribution in [-0.2, 0) is 14.8 Å². The van der Waals surface area contributed by atoms with Gasteiger partial charge < -0.3 is 10.1 Å². The van der Waals surface area contributed by atoms with Crippen LogP contribution >= 0.6 is 11.6 Å². The highest BCUT2D eigenvalue weighted by Gasteiger charge is 2.14. The molecule has 0 bridgehead atoms. The summed E-state index contributed by atoms with van der Waals surface area (Å²) >= 11 is 5.73. The molecule has 2 rings (SSSR count). The van der Waals surface area contributed by atoms with E-state index in [0.29, 0.717) is 16.5 Å². The largest absolute Gasteiger partial charge is 0.497 e. The first-order valence-corrected chi connectivity index (χ1v) is 8.96. The van der Waals surface area contributed by atoms with Crippen molar-refractivity contribution >= 4 is 33.2 Å². The molecule has 8 heteroatoms. The second kappa shape index (κ2) is 8.14. The topological polar surface area (TPSA) is 84.5 Å². The molecule has 0 radical (unpaired) electrons. The predicted molar refractivity (Wildman–Crippen MR) is 92.9 cm³/mol. The molecule has 0 aliphatic carbocycles. The van der Waals surface area contributed by atoms with Crippen molar-refractivity contribution in [2.24, 2.45) is 0 Å². The number of hydrogen-bond acceptors (Lipinski definition) is 4. The Labute approximate surface area is 145 Å². The summed E-state index contributed by atoms with van der Waals surface area (Å²) in [5.74, 6) is 0.391. The Kier molecular flexibility index (Phi) is 6.19. The number of nitrogens with one attached hydrogen (secondary N) is 2. The normalized spacial score (nSPS) is 11.1. The summed E-state index contributed by atoms with van der Waals surface area (Å²) in [4.78, 5) is 11.9. The fourth-order valence-corrected chi connectivity index (χ4v) is 3.05. The molecule has 0 spiro atoms. The molecule has 2 aromatic rings. The van der Waals surface area contributed by atoms with Crippen molar-refractivity contribution in [1.82, 2.24) is 4.72 Å². The summed E-state index contributed by atoms with van der Waals surface area (Å²) < 4.78 is 31.5. The maximum absolute atomic E-state index is 12.1. The van der Waals surface area contributed by atoms with Gasteiger partial charge in [0.1, 0.15) is 5.75 Å². The van der Waals surface area contributed by atoms with Gasteiger partial charge in [0.15, 0.2) is 0 Å². The van der Waals surface area contributed by atoms with Crippen LogP contribution in [0.15, 0.2) is 53.4 Å². The van der Waals surface area contributed by atoms with E-state index in [1.807, 2.05) is 0 Å². The van der Waals surface area contributed by atoms with Crippen LogP contribution in [0.25, 0.3) is 0 Å². The number of benzene rings is 2. The van der Waals surface area contributed by atoms with Crippen LogP contribution in [0.2, 0.25) is 5.02 Å². The molecule has 0 aliphatic rings. The van der Waals surface area contributed by atoms with Crippen molar-refractivity contribution in [1.29, 1.82) is 0 Å². The highest BCUT2D eigenvalue weighted by atomic mass is 35.5. The van der Waals surface area contributed by atoms with E-state index in [1.54, 1.807) is 31.4 Å². The van der Waals surface area contributed by atoms with Crippen LogP contribution in [0.5, 0.6) is 5.75 Å². The third-order valence-electron chi connectivity index (χ3n) is 3.14. The first-order valence-electron chi connectivity index (χ1n) is 7.10. The number of rotatable bonds is 7. The van der Waals surface area contributed by atoms with Gasteiger partial charge in [0, 0.05) is 23.7 Å². The highest BCUT2D eigenvalue weighted by Crippen LogP contribution is 2.15. The summed E-state index contributed by atoms with van der Waals surface area (Å²) in [6.45, 7) is -0.00700. The van der Waals surface area contributed by atoms with E-state index in [4.69, 9.17) is 16.3 Å². The van der Waals surface area contributed by atoms with Crippen molar-refractivity contribution < 1.29 is 17.9 Å². The molecular formula is C16H17ClN2O4S. The molecule has 0 aromatic heterocycles. The van der Waals surface area contributed by atoms with Crippen LogP contribution < -0.4 is 14.8 Å². The molecule has 0 aliphatic heterocycles. The molecule has 0 unspecified atom stereocenters. The minimum absolute atomic E-state index is 0.00700. The van der Waals surface area contributed by atoms with Crippen LogP contribution in [-0.4, -0.2) is 28.0 Å². The fraction of sp³-hybridized carbons (Fsp3) is 0.188. The number of halogens is 1. The number of methoxy groups -OCH3 is 1. The van der Waals surface area contributed by atoms with E-state index in [9.17, 15) is 13.2 Å². The quantitative estimate of drug-likeness (QED) is 0.786. The van der Waals surface area contributed by atoms with Gasteiger partial charge in [-0.1, -0.05) is 11.6 Å². The van der Waals surface area contributed by atoms with E-state index < -0.39 is 10.0 Å². The Bertz CT molecular complexity index is 790. The van der Waals surface area contributed by atoms with Gasteiger partial charge in [-0.2, -0.15) is 0 Å². The summed E-state index contributed by atoms with van der Waals surface area (Å²) in [5, 5.41) is 3.13. The standard InChI is InChI=1S/C16H17ClN2O4S/c1-23-14-6-4-13(5-7-14)19-16(20)10-11-18-24(21,22)15-8-2-12(17)3-9-15/h2-9,18H,10-11H2,1H3,(H,19,20). The summed E-state index contributed by atoms with van der Waals surface area (Å²) in [6.07, 6.45) is 0.0127. The van der Waals surface area contributed by atoms with Crippen molar-refractivity contribution in [2.75, 3.05) is 19.0 Å². The highest BCUT2D eigenvalue weighted by molar-refractivity contribution is 7.89. The molecule has 1 amide bonds. The second-order valence-electron chi connectivity index (χ2n) is 4.88. The van der Waals surface area contributed by atoms with Gasteiger partial charge in [-0.25, -0.2) is 13.1 Å². The lowest BCUT2D eigenvalue weighted by Gasteiger charge is -2.08. The van der Waals surface area contributed by atoms with Crippen LogP contribution in [0.1, 0.15) is 6.42 Å². The zero-order valence-electron chi connectivity index (χ0n) is 13.0. The number of hydrogen-bond donors (Lipinski definition) is 2. The average molecular weight is 369 g/mol. The van der Waals surface area contributed by atoms with E-state index >= 15 is 0 Å². The molecule has 128 valence electrons. The Morgan fingerprint density at radius 2 is 1.71 bits per heavy atom. The first-order chi connectivity index (χ1) is 11.4. The fourth-order valence-electron chi connectivity index (χ4n) is 1.89. The third kappa shape index (κ3) is 5.23. The van der Waals surface area contributed by atoms with Gasteiger partial charge in [-0.15, -0.1) is 0 Å². The maximum Gasteiger partial charge on any atom is 0.240 e. The van der Waals surface area contributed by atoms with Crippen molar-refractivity contribution in [3.05, 3.63) is 53.6 Å². The van der Waals surface area contributed by atoms with Crippen molar-refractivity contribution in [2.45, 2.75) is 11.3 Å². The lowest BCUT2D eigenvalue weighted by atomic mass is 10.3. The molecule has 0 atom stereocenters. The van der Waals surface area contributed by atoms with Gasteiger partial charge in [-0.3, -0.25) is 4.79 Å². The zero-order valence-corrected chi connectivity index (χ0v) is 14.5. The van der Waals surface area contributed by atoms with Gasteiger partial charge in [0.25, 0.3) is 0 Å². The van der Waals surface area contributed by atoms with Gasteiger partial charge in [0.05, 0.1) is 12.0 Å². The lowest BCUT2D eigenvalue weighted by Crippen LogP contribution is -2.27. The van der Waals surface area contributed by atoms with Gasteiger partial charge in [0.2, 0.25) is 15.9 Å². The average Bonchev–Trinajstić information content (AvgIpc) is 2.56. The van der Waals surface area contributed by atoms with E-state index in [-0.39, 0.29) is 23.8 Å². The zero-order chi connectivity index (χ0) is 17.6. The molecule has 6 nitrogen and oxygen atoms in total. The smallest absolute Gasteiger partial charge is 0.240 e. The van der Waals surface area contributed by atoms with Gasteiger partial charge in [-0.05, 0) is 48.5 Å². The van der Waals surface area contributed by atoms with Crippen LogP contribution in [0.3, 0.4) is 0 Å². The molecule has 24 heavy (non-hydrogen) atoms. The monoisotopic (exact) mass is 368 g/mol. The van der Waals surface area contributed by atoms with Crippen LogP contribution in [0.4, 0.5) is 5.69 Å². The molecule has 0 saturated heterocycles. The molecule has 0 saturated carbocycles. The Balaban J connectivity index is 1.84. The van der Waals surface area contributed by atoms with Crippen molar-refractivity contribution in [3.63, 3.8) is 0 Å². The summed E-state index contributed by atoms with van der Waals surface area (Å²) in [5.41, 5.74) is 0.612. The number of anilines is 1. The van der Waals surface area contributed by atoms with E-state index in [0.717, 1.165) is 0 Å². The van der Waals surface area contributed by atoms with Crippen molar-refractivity contribution in [3.8, 4) is 5.75 Å². The number of carbonyl (C=O) groups is 1. The number of amides is 1. The minimum Gasteiger partial charge on any atom is -0.497 e. The predicted octanol–water partition coefficient (Wildman–Crippen LogP) is 2.66. The molecular weight excluding hydrogens is 352 g/mol. The Morgan fingerprint density at radius 1 is 1.08 bits per heavy atom. The number of sulfonamides is 1. The minimum atomic E-state index is -3.66. The molecule has 0 heterocycles. The number of carbonyl (C=O) groups excluding carboxylic acids is 1. The molecule has 0 fully saturated rings. The van der Waals surface area contributed by atoms with E-state index in [2.05, 4.69) is 10.0 Å². The molecule has 2 aromatic carbocycles.